The normalized spacial score (nSPS) is 19.7. The molecule has 1 aliphatic carbocycles. The van der Waals surface area contributed by atoms with Crippen LogP contribution in [0.25, 0.3) is 0 Å². The molecule has 1 saturated heterocycles. The monoisotopic (exact) mass is 310 g/mol. The van der Waals surface area contributed by atoms with Crippen LogP contribution in [0.15, 0.2) is 11.0 Å². The highest BCUT2D eigenvalue weighted by molar-refractivity contribution is 6.33. The molecule has 0 radical (unpaired) electrons. The zero-order valence-corrected chi connectivity index (χ0v) is 13.3. The van der Waals surface area contributed by atoms with E-state index < -0.39 is 0 Å². The van der Waals surface area contributed by atoms with Crippen molar-refractivity contribution in [1.82, 2.24) is 15.1 Å². The summed E-state index contributed by atoms with van der Waals surface area (Å²) in [6.07, 6.45) is 6.33. The number of nitrogens with one attached hydrogen (secondary N) is 1. The molecule has 5 nitrogen and oxygen atoms in total. The van der Waals surface area contributed by atoms with Gasteiger partial charge in [0.05, 0.1) is 11.2 Å². The third kappa shape index (κ3) is 3.58. The number of rotatable bonds is 5. The van der Waals surface area contributed by atoms with Crippen LogP contribution in [0.2, 0.25) is 5.02 Å². The highest BCUT2D eigenvalue weighted by atomic mass is 35.5. The summed E-state index contributed by atoms with van der Waals surface area (Å²) in [5.74, 6) is 1.25. The summed E-state index contributed by atoms with van der Waals surface area (Å²) in [4.78, 5) is 14.6. The number of hydrogen-bond donors (Lipinski definition) is 1. The largest absolute Gasteiger partial charge is 0.369 e. The number of nitrogens with zero attached hydrogens (tertiary/aromatic N) is 3. The van der Waals surface area contributed by atoms with Crippen LogP contribution in [0.1, 0.15) is 25.7 Å². The molecule has 21 heavy (non-hydrogen) atoms. The molecule has 3 rings (SSSR count). The van der Waals surface area contributed by atoms with E-state index in [0.717, 1.165) is 39.0 Å². The molecule has 2 aliphatic rings. The van der Waals surface area contributed by atoms with E-state index in [9.17, 15) is 4.79 Å². The lowest BCUT2D eigenvalue weighted by Gasteiger charge is -2.29. The molecule has 1 N–H and O–H groups in total. The van der Waals surface area contributed by atoms with E-state index in [-0.39, 0.29) is 5.56 Å². The van der Waals surface area contributed by atoms with Crippen molar-refractivity contribution in [3.63, 3.8) is 0 Å². The van der Waals surface area contributed by atoms with Crippen LogP contribution < -0.4 is 15.8 Å². The molecule has 116 valence electrons. The van der Waals surface area contributed by atoms with Gasteiger partial charge in [-0.25, -0.2) is 4.68 Å². The first-order valence-electron chi connectivity index (χ1n) is 7.82. The van der Waals surface area contributed by atoms with E-state index in [1.165, 1.54) is 12.8 Å². The first-order chi connectivity index (χ1) is 10.1. The van der Waals surface area contributed by atoms with Crippen LogP contribution in [0, 0.1) is 11.8 Å². The van der Waals surface area contributed by atoms with Crippen molar-refractivity contribution in [2.45, 2.75) is 32.2 Å². The van der Waals surface area contributed by atoms with Gasteiger partial charge in [0, 0.05) is 20.1 Å². The lowest BCUT2D eigenvalue weighted by molar-refractivity contribution is 0.377. The lowest BCUT2D eigenvalue weighted by atomic mass is 9.97. The van der Waals surface area contributed by atoms with Crippen LogP contribution in [0.5, 0.6) is 0 Å². The highest BCUT2D eigenvalue weighted by Crippen LogP contribution is 2.30. The van der Waals surface area contributed by atoms with Crippen molar-refractivity contribution in [3.8, 4) is 0 Å². The van der Waals surface area contributed by atoms with Crippen LogP contribution in [0.3, 0.4) is 0 Å². The van der Waals surface area contributed by atoms with Crippen LogP contribution in [-0.4, -0.2) is 36.5 Å². The quantitative estimate of drug-likeness (QED) is 0.900. The molecule has 2 heterocycles. The van der Waals surface area contributed by atoms with Gasteiger partial charge in [-0.2, -0.15) is 5.10 Å². The molecular formula is C15H23ClN4O. The first-order valence-corrected chi connectivity index (χ1v) is 8.20. The number of anilines is 1. The standard InChI is InChI=1S/C15H23ClN4O/c1-19(9-12-4-6-17-7-5-12)14-13(16)8-18-20(15(14)21)10-11-2-3-11/h8,11-12,17H,2-7,9-10H2,1H3. The molecule has 1 aliphatic heterocycles. The third-order valence-electron chi connectivity index (χ3n) is 4.47. The Kier molecular flexibility index (Phi) is 4.50. The summed E-state index contributed by atoms with van der Waals surface area (Å²) in [5.41, 5.74) is 0.552. The zero-order chi connectivity index (χ0) is 14.8. The van der Waals surface area contributed by atoms with E-state index in [1.807, 2.05) is 11.9 Å². The van der Waals surface area contributed by atoms with Crippen LogP contribution >= 0.6 is 11.6 Å². The molecule has 0 spiro atoms. The Morgan fingerprint density at radius 1 is 1.33 bits per heavy atom. The fourth-order valence-corrected chi connectivity index (χ4v) is 3.29. The van der Waals surface area contributed by atoms with Gasteiger partial charge in [-0.1, -0.05) is 11.6 Å². The average molecular weight is 311 g/mol. The zero-order valence-electron chi connectivity index (χ0n) is 12.5. The first kappa shape index (κ1) is 14.9. The Morgan fingerprint density at radius 2 is 2.05 bits per heavy atom. The van der Waals surface area contributed by atoms with Gasteiger partial charge in [0.1, 0.15) is 5.69 Å². The molecular weight excluding hydrogens is 288 g/mol. The fraction of sp³-hybridized carbons (Fsp3) is 0.733. The molecule has 6 heteroatoms. The Morgan fingerprint density at radius 3 is 2.71 bits per heavy atom. The van der Waals surface area contributed by atoms with Gasteiger partial charge in [-0.3, -0.25) is 4.79 Å². The predicted molar refractivity (Wildman–Crippen MR) is 85.1 cm³/mol. The van der Waals surface area contributed by atoms with Crippen molar-refractivity contribution in [3.05, 3.63) is 21.6 Å². The van der Waals surface area contributed by atoms with Crippen molar-refractivity contribution in [2.75, 3.05) is 31.6 Å². The molecule has 0 aromatic carbocycles. The fourth-order valence-electron chi connectivity index (χ4n) is 3.02. The molecule has 1 saturated carbocycles. The van der Waals surface area contributed by atoms with Gasteiger partial charge >= 0.3 is 0 Å². The summed E-state index contributed by atoms with van der Waals surface area (Å²) in [5, 5.41) is 8.01. The average Bonchev–Trinajstić information content (AvgIpc) is 3.27. The van der Waals surface area contributed by atoms with Gasteiger partial charge in [0.25, 0.3) is 5.56 Å². The van der Waals surface area contributed by atoms with Crippen LogP contribution in [-0.2, 0) is 6.54 Å². The molecule has 0 atom stereocenters. The Balaban J connectivity index is 1.76. The number of hydrogen-bond acceptors (Lipinski definition) is 4. The molecule has 0 unspecified atom stereocenters. The summed E-state index contributed by atoms with van der Waals surface area (Å²) < 4.78 is 1.58. The molecule has 1 aromatic heterocycles. The summed E-state index contributed by atoms with van der Waals surface area (Å²) in [6.45, 7) is 3.73. The Labute approximate surface area is 130 Å². The van der Waals surface area contributed by atoms with Gasteiger partial charge in [0.2, 0.25) is 0 Å². The van der Waals surface area contributed by atoms with Gasteiger partial charge < -0.3 is 10.2 Å². The minimum atomic E-state index is -0.0502. The number of halogens is 1. The second-order valence-electron chi connectivity index (χ2n) is 6.35. The molecule has 0 amide bonds. The molecule has 0 bridgehead atoms. The smallest absolute Gasteiger partial charge is 0.291 e. The second kappa shape index (κ2) is 6.36. The van der Waals surface area contributed by atoms with Crippen molar-refractivity contribution in [1.29, 1.82) is 0 Å². The van der Waals surface area contributed by atoms with Crippen molar-refractivity contribution < 1.29 is 0 Å². The summed E-state index contributed by atoms with van der Waals surface area (Å²) in [7, 11) is 1.96. The lowest BCUT2D eigenvalue weighted by Crippen LogP contribution is -2.38. The topological polar surface area (TPSA) is 50.2 Å². The van der Waals surface area contributed by atoms with Gasteiger partial charge in [-0.05, 0) is 50.6 Å². The van der Waals surface area contributed by atoms with E-state index in [1.54, 1.807) is 10.9 Å². The Hall–Kier alpha value is -1.07. The maximum atomic E-state index is 12.6. The minimum Gasteiger partial charge on any atom is -0.369 e. The van der Waals surface area contributed by atoms with E-state index in [2.05, 4.69) is 10.4 Å². The van der Waals surface area contributed by atoms with Crippen LogP contribution in [0.4, 0.5) is 5.69 Å². The molecule has 2 fully saturated rings. The van der Waals surface area contributed by atoms with Gasteiger partial charge in [-0.15, -0.1) is 0 Å². The summed E-state index contributed by atoms with van der Waals surface area (Å²) >= 11 is 6.24. The number of aromatic nitrogens is 2. The van der Waals surface area contributed by atoms with Crippen molar-refractivity contribution in [2.24, 2.45) is 11.8 Å². The van der Waals surface area contributed by atoms with E-state index in [0.29, 0.717) is 22.5 Å². The number of piperidine rings is 1. The van der Waals surface area contributed by atoms with Crippen molar-refractivity contribution >= 4 is 17.3 Å². The predicted octanol–water partition coefficient (Wildman–Crippen LogP) is 1.74. The minimum absolute atomic E-state index is 0.0502. The highest BCUT2D eigenvalue weighted by Gasteiger charge is 2.25. The SMILES string of the molecule is CN(CC1CCNCC1)c1c(Cl)cnn(CC2CC2)c1=O. The third-order valence-corrected chi connectivity index (χ3v) is 4.75. The van der Waals surface area contributed by atoms with E-state index >= 15 is 0 Å². The second-order valence-corrected chi connectivity index (χ2v) is 6.75. The Bertz CT molecular complexity index is 549. The maximum absolute atomic E-state index is 12.6. The molecule has 1 aromatic rings. The summed E-state index contributed by atoms with van der Waals surface area (Å²) in [6, 6.07) is 0. The van der Waals surface area contributed by atoms with E-state index in [4.69, 9.17) is 11.6 Å². The van der Waals surface area contributed by atoms with Gasteiger partial charge in [0.15, 0.2) is 0 Å². The maximum Gasteiger partial charge on any atom is 0.291 e.